The molecule has 4 rings (SSSR count). The zero-order valence-corrected chi connectivity index (χ0v) is 15.2. The van der Waals surface area contributed by atoms with E-state index in [-0.39, 0.29) is 13.2 Å². The number of thiophene rings is 1. The molecule has 0 radical (unpaired) electrons. The molecule has 0 saturated carbocycles. The van der Waals surface area contributed by atoms with Crippen LogP contribution in [0, 0.1) is 0 Å². The van der Waals surface area contributed by atoms with E-state index in [9.17, 15) is 9.59 Å². The third kappa shape index (κ3) is 4.09. The Morgan fingerprint density at radius 3 is 2.81 bits per heavy atom. The topological polar surface area (TPSA) is 82.6 Å². The highest BCUT2D eigenvalue weighted by Gasteiger charge is 2.29. The number of nitrogens with zero attached hydrogens (tertiary/aromatic N) is 1. The molecule has 1 aromatic carbocycles. The van der Waals surface area contributed by atoms with E-state index >= 15 is 0 Å². The SMILES string of the molecule is O=c1[nH]c(=O)n(C2COC(COCc3ccccc3)O2)cc1-c1cccs1. The van der Waals surface area contributed by atoms with Crippen LogP contribution in [0.4, 0.5) is 0 Å². The lowest BCUT2D eigenvalue weighted by Gasteiger charge is -2.14. The van der Waals surface area contributed by atoms with Gasteiger partial charge in [0.15, 0.2) is 12.5 Å². The number of hydrogen-bond donors (Lipinski definition) is 1. The average Bonchev–Trinajstić information content (AvgIpc) is 3.35. The van der Waals surface area contributed by atoms with Crippen molar-refractivity contribution >= 4 is 11.3 Å². The molecule has 0 spiro atoms. The summed E-state index contributed by atoms with van der Waals surface area (Å²) in [5.74, 6) is 0. The summed E-state index contributed by atoms with van der Waals surface area (Å²) in [4.78, 5) is 27.4. The normalized spacial score (nSPS) is 19.4. The number of ether oxygens (including phenoxy) is 3. The fourth-order valence-corrected chi connectivity index (χ4v) is 3.56. The zero-order chi connectivity index (χ0) is 18.6. The predicted molar refractivity (Wildman–Crippen MR) is 101 cm³/mol. The minimum Gasteiger partial charge on any atom is -0.371 e. The summed E-state index contributed by atoms with van der Waals surface area (Å²) in [7, 11) is 0. The summed E-state index contributed by atoms with van der Waals surface area (Å²) in [5.41, 5.74) is 0.543. The number of hydrogen-bond acceptors (Lipinski definition) is 6. The molecule has 140 valence electrons. The molecule has 1 fully saturated rings. The Labute approximate surface area is 158 Å². The molecule has 0 bridgehead atoms. The van der Waals surface area contributed by atoms with Crippen molar-refractivity contribution in [1.29, 1.82) is 0 Å². The van der Waals surface area contributed by atoms with Gasteiger partial charge in [-0.25, -0.2) is 4.79 Å². The molecule has 27 heavy (non-hydrogen) atoms. The third-order valence-electron chi connectivity index (χ3n) is 4.16. The summed E-state index contributed by atoms with van der Waals surface area (Å²) in [6.07, 6.45) is 0.343. The lowest BCUT2D eigenvalue weighted by molar-refractivity contribution is -0.118. The van der Waals surface area contributed by atoms with Gasteiger partial charge in [0.1, 0.15) is 0 Å². The van der Waals surface area contributed by atoms with Crippen LogP contribution in [-0.2, 0) is 20.8 Å². The van der Waals surface area contributed by atoms with Gasteiger partial charge in [-0.2, -0.15) is 0 Å². The van der Waals surface area contributed by atoms with E-state index in [4.69, 9.17) is 14.2 Å². The number of aromatic amines is 1. The van der Waals surface area contributed by atoms with E-state index in [1.165, 1.54) is 22.1 Å². The van der Waals surface area contributed by atoms with E-state index in [1.54, 1.807) is 0 Å². The van der Waals surface area contributed by atoms with E-state index in [0.717, 1.165) is 10.4 Å². The smallest absolute Gasteiger partial charge is 0.330 e. The van der Waals surface area contributed by atoms with Crippen molar-refractivity contribution in [3.63, 3.8) is 0 Å². The molecule has 0 aliphatic carbocycles. The number of H-pyrrole nitrogens is 1. The van der Waals surface area contributed by atoms with Crippen LogP contribution in [0.25, 0.3) is 10.4 Å². The van der Waals surface area contributed by atoms with Gasteiger partial charge in [-0.05, 0) is 17.0 Å². The summed E-state index contributed by atoms with van der Waals surface area (Å²) in [6, 6.07) is 13.5. The molecule has 1 saturated heterocycles. The molecule has 8 heteroatoms. The second-order valence-corrected chi connectivity index (χ2v) is 6.99. The van der Waals surface area contributed by atoms with E-state index < -0.39 is 23.8 Å². The van der Waals surface area contributed by atoms with Crippen molar-refractivity contribution in [2.24, 2.45) is 0 Å². The molecule has 1 aliphatic heterocycles. The van der Waals surface area contributed by atoms with Crippen LogP contribution >= 0.6 is 11.3 Å². The Morgan fingerprint density at radius 2 is 2.04 bits per heavy atom. The lowest BCUT2D eigenvalue weighted by atomic mass is 10.2. The van der Waals surface area contributed by atoms with Gasteiger partial charge < -0.3 is 14.2 Å². The van der Waals surface area contributed by atoms with E-state index in [0.29, 0.717) is 12.2 Å². The van der Waals surface area contributed by atoms with Crippen molar-refractivity contribution in [1.82, 2.24) is 9.55 Å². The molecular formula is C19H18N2O5S. The maximum Gasteiger partial charge on any atom is 0.330 e. The van der Waals surface area contributed by atoms with Crippen molar-refractivity contribution in [2.75, 3.05) is 13.2 Å². The second-order valence-electron chi connectivity index (χ2n) is 6.04. The van der Waals surface area contributed by atoms with E-state index in [1.807, 2.05) is 47.8 Å². The highest BCUT2D eigenvalue weighted by Crippen LogP contribution is 2.24. The Balaban J connectivity index is 1.42. The maximum absolute atomic E-state index is 12.2. The molecule has 1 N–H and O–H groups in total. The fourth-order valence-electron chi connectivity index (χ4n) is 2.83. The van der Waals surface area contributed by atoms with Crippen molar-refractivity contribution in [3.8, 4) is 10.4 Å². The average molecular weight is 386 g/mol. The first-order valence-electron chi connectivity index (χ1n) is 8.49. The van der Waals surface area contributed by atoms with Crippen LogP contribution < -0.4 is 11.2 Å². The standard InChI is InChI=1S/C19H18N2O5S/c22-18-14(15-7-4-8-27-15)9-21(19(23)20-18)16-11-25-17(26-16)12-24-10-13-5-2-1-3-6-13/h1-9,16-17H,10-12H2,(H,20,22,23). The molecule has 1 aliphatic rings. The Morgan fingerprint density at radius 1 is 1.19 bits per heavy atom. The quantitative estimate of drug-likeness (QED) is 0.703. The first kappa shape index (κ1) is 17.9. The zero-order valence-electron chi connectivity index (χ0n) is 14.4. The van der Waals surface area contributed by atoms with Crippen LogP contribution in [0.1, 0.15) is 11.8 Å². The first-order chi connectivity index (χ1) is 13.2. The maximum atomic E-state index is 12.2. The molecule has 3 aromatic rings. The number of nitrogens with one attached hydrogen (secondary N) is 1. The van der Waals surface area contributed by atoms with E-state index in [2.05, 4.69) is 4.98 Å². The van der Waals surface area contributed by atoms with Crippen molar-refractivity contribution in [2.45, 2.75) is 19.1 Å². The van der Waals surface area contributed by atoms with Crippen LogP contribution in [0.2, 0.25) is 0 Å². The first-order valence-corrected chi connectivity index (χ1v) is 9.37. The van der Waals surface area contributed by atoms with Gasteiger partial charge in [-0.3, -0.25) is 14.3 Å². The number of aromatic nitrogens is 2. The Kier molecular flexibility index (Phi) is 5.30. The third-order valence-corrected chi connectivity index (χ3v) is 5.07. The molecule has 0 amide bonds. The van der Waals surface area contributed by atoms with Gasteiger partial charge in [0.05, 0.1) is 25.4 Å². The lowest BCUT2D eigenvalue weighted by Crippen LogP contribution is -2.34. The highest BCUT2D eigenvalue weighted by atomic mass is 32.1. The highest BCUT2D eigenvalue weighted by molar-refractivity contribution is 7.13. The van der Waals surface area contributed by atoms with Crippen molar-refractivity contribution < 1.29 is 14.2 Å². The predicted octanol–water partition coefficient (Wildman–Crippen LogP) is 2.35. The molecule has 7 nitrogen and oxygen atoms in total. The van der Waals surface area contributed by atoms with Gasteiger partial charge in [0.2, 0.25) is 0 Å². The minimum atomic E-state index is -0.613. The Hall–Kier alpha value is -2.52. The molecule has 2 aromatic heterocycles. The summed E-state index contributed by atoms with van der Waals surface area (Å²) < 4.78 is 18.3. The summed E-state index contributed by atoms with van der Waals surface area (Å²) >= 11 is 1.43. The summed E-state index contributed by atoms with van der Waals surface area (Å²) in [5, 5.41) is 1.87. The van der Waals surface area contributed by atoms with Crippen molar-refractivity contribution in [3.05, 3.63) is 80.4 Å². The molecule has 2 atom stereocenters. The van der Waals surface area contributed by atoms with Gasteiger partial charge in [0.25, 0.3) is 5.56 Å². The molecule has 2 unspecified atom stereocenters. The summed E-state index contributed by atoms with van der Waals surface area (Å²) in [6.45, 7) is 0.909. The Bertz CT molecular complexity index is 997. The monoisotopic (exact) mass is 386 g/mol. The fraction of sp³-hybridized carbons (Fsp3) is 0.263. The number of benzene rings is 1. The molecule has 3 heterocycles. The largest absolute Gasteiger partial charge is 0.371 e. The minimum absolute atomic E-state index is 0.204. The number of rotatable bonds is 6. The van der Waals surface area contributed by atoms with Gasteiger partial charge in [-0.15, -0.1) is 11.3 Å². The van der Waals surface area contributed by atoms with Crippen LogP contribution in [0.3, 0.4) is 0 Å². The van der Waals surface area contributed by atoms with Crippen LogP contribution in [-0.4, -0.2) is 29.1 Å². The van der Waals surface area contributed by atoms with Crippen LogP contribution in [0.15, 0.2) is 63.6 Å². The second kappa shape index (κ2) is 8.01. The van der Waals surface area contributed by atoms with Gasteiger partial charge in [0, 0.05) is 11.1 Å². The molecular weight excluding hydrogens is 368 g/mol. The van der Waals surface area contributed by atoms with Crippen LogP contribution in [0.5, 0.6) is 0 Å². The van der Waals surface area contributed by atoms with Gasteiger partial charge in [-0.1, -0.05) is 36.4 Å². The van der Waals surface area contributed by atoms with Gasteiger partial charge >= 0.3 is 5.69 Å².